The Morgan fingerprint density at radius 1 is 1.00 bits per heavy atom. The second kappa shape index (κ2) is 2.35. The molecule has 0 heterocycles. The number of hydrogen-bond donors (Lipinski definition) is 0. The van der Waals surface area contributed by atoms with Crippen LogP contribution in [0.3, 0.4) is 0 Å². The summed E-state index contributed by atoms with van der Waals surface area (Å²) in [7, 11) is 2.95. The van der Waals surface area contributed by atoms with E-state index < -0.39 is 0 Å². The van der Waals surface area contributed by atoms with Crippen LogP contribution in [0.2, 0.25) is 0 Å². The first-order chi connectivity index (χ1) is 8.68. The lowest BCUT2D eigenvalue weighted by Gasteiger charge is -2.99. The van der Waals surface area contributed by atoms with Gasteiger partial charge in [0.05, 0.1) is 25.0 Å². The Morgan fingerprint density at radius 3 is 2.28 bits per heavy atom. The Labute approximate surface area is 105 Å². The van der Waals surface area contributed by atoms with Crippen molar-refractivity contribution in [2.75, 3.05) is 14.2 Å². The summed E-state index contributed by atoms with van der Waals surface area (Å²) in [5, 5.41) is 0. The van der Waals surface area contributed by atoms with Crippen LogP contribution in [-0.4, -0.2) is 26.2 Å². The maximum absolute atomic E-state index is 12.2. The van der Waals surface area contributed by atoms with E-state index in [4.69, 9.17) is 9.47 Å². The molecule has 6 saturated carbocycles. The van der Waals surface area contributed by atoms with Crippen molar-refractivity contribution in [2.45, 2.75) is 12.8 Å². The topological polar surface area (TPSA) is 52.6 Å². The molecule has 0 aromatic rings. The molecular formula is C14H16O4. The first-order valence-electron chi connectivity index (χ1n) is 6.85. The van der Waals surface area contributed by atoms with Gasteiger partial charge >= 0.3 is 11.9 Å². The number of fused-ring (bicyclic) bond motifs is 1. The highest BCUT2D eigenvalue weighted by molar-refractivity contribution is 5.95. The zero-order chi connectivity index (χ0) is 12.4. The lowest BCUT2D eigenvalue weighted by molar-refractivity contribution is -0.532. The van der Waals surface area contributed by atoms with Crippen LogP contribution in [0.15, 0.2) is 0 Å². The van der Waals surface area contributed by atoms with E-state index in [1.807, 2.05) is 0 Å². The van der Waals surface area contributed by atoms with Crippen molar-refractivity contribution in [1.29, 1.82) is 0 Å². The first kappa shape index (κ1) is 9.82. The first-order valence-corrected chi connectivity index (χ1v) is 6.85. The highest BCUT2D eigenvalue weighted by atomic mass is 16.5. The summed E-state index contributed by atoms with van der Waals surface area (Å²) < 4.78 is 10.1. The smallest absolute Gasteiger partial charge is 0.312 e. The Bertz CT molecular complexity index is 510. The molecule has 0 aromatic heterocycles. The summed E-state index contributed by atoms with van der Waals surface area (Å²) >= 11 is 0. The number of ether oxygens (including phenoxy) is 2. The van der Waals surface area contributed by atoms with Crippen LogP contribution in [-0.2, 0) is 19.1 Å². The van der Waals surface area contributed by atoms with Gasteiger partial charge in [-0.2, -0.15) is 0 Å². The Hall–Kier alpha value is -1.06. The molecule has 6 aliphatic rings. The third-order valence-corrected chi connectivity index (χ3v) is 7.27. The number of rotatable bonds is 2. The summed E-state index contributed by atoms with van der Waals surface area (Å²) in [6.07, 6.45) is 2.35. The van der Waals surface area contributed by atoms with Crippen LogP contribution in [0.25, 0.3) is 0 Å². The SMILES string of the molecule is COC(=O)[C@]12[C@H]3[C@H]4CC[C@@H]5[C@H]3[C@@H]1[C@]5(C(=O)OC)[C@@H]42. The molecule has 0 unspecified atom stereocenters. The van der Waals surface area contributed by atoms with Gasteiger partial charge in [-0.15, -0.1) is 0 Å². The molecule has 8 atom stereocenters. The Kier molecular flexibility index (Phi) is 1.28. The highest BCUT2D eigenvalue weighted by Gasteiger charge is 3.05. The minimum atomic E-state index is -0.286. The van der Waals surface area contributed by atoms with Crippen molar-refractivity contribution in [3.8, 4) is 0 Å². The molecule has 6 rings (SSSR count). The van der Waals surface area contributed by atoms with Crippen molar-refractivity contribution in [2.24, 2.45) is 46.3 Å². The van der Waals surface area contributed by atoms with E-state index in [9.17, 15) is 9.59 Å². The van der Waals surface area contributed by atoms with E-state index in [0.717, 1.165) is 6.42 Å². The van der Waals surface area contributed by atoms with Crippen molar-refractivity contribution in [3.05, 3.63) is 0 Å². The molecular weight excluding hydrogens is 232 g/mol. The van der Waals surface area contributed by atoms with Gasteiger partial charge in [-0.05, 0) is 48.3 Å². The molecule has 6 aliphatic carbocycles. The van der Waals surface area contributed by atoms with Crippen LogP contribution in [0, 0.1) is 46.3 Å². The number of hydrogen-bond acceptors (Lipinski definition) is 4. The number of esters is 2. The molecule has 4 heteroatoms. The van der Waals surface area contributed by atoms with Crippen LogP contribution >= 0.6 is 0 Å². The second-order valence-corrected chi connectivity index (χ2v) is 6.76. The summed E-state index contributed by atoms with van der Waals surface area (Å²) in [6.45, 7) is 0. The molecule has 6 fully saturated rings. The number of carbonyl (C=O) groups excluding carboxylic acids is 2. The van der Waals surface area contributed by atoms with Gasteiger partial charge in [0.15, 0.2) is 0 Å². The largest absolute Gasteiger partial charge is 0.469 e. The fourth-order valence-electron chi connectivity index (χ4n) is 7.42. The van der Waals surface area contributed by atoms with E-state index in [-0.39, 0.29) is 34.6 Å². The number of carbonyl (C=O) groups is 2. The molecule has 0 spiro atoms. The summed E-state index contributed by atoms with van der Waals surface area (Å²) in [6, 6.07) is 0. The minimum Gasteiger partial charge on any atom is -0.469 e. The molecule has 0 radical (unpaired) electrons. The quantitative estimate of drug-likeness (QED) is 0.680. The minimum absolute atomic E-state index is 0.0545. The fraction of sp³-hybridized carbons (Fsp3) is 0.857. The predicted molar refractivity (Wildman–Crippen MR) is 59.1 cm³/mol. The molecule has 0 saturated heterocycles. The maximum atomic E-state index is 12.2. The van der Waals surface area contributed by atoms with Crippen molar-refractivity contribution < 1.29 is 19.1 Å². The predicted octanol–water partition coefficient (Wildman–Crippen LogP) is 0.851. The molecule has 0 aromatic carbocycles. The van der Waals surface area contributed by atoms with E-state index in [1.165, 1.54) is 20.6 Å². The van der Waals surface area contributed by atoms with E-state index in [2.05, 4.69) is 0 Å². The monoisotopic (exact) mass is 248 g/mol. The molecule has 18 heavy (non-hydrogen) atoms. The standard InChI is InChI=1S/C14H16O4/c1-17-11(15)13-6-4-3-5-8-7(6)10(13)14(8,9(5)13)12(16)18-2/h5-10H,3-4H2,1-2H3/t5-,6-,7-,8+,9-,10-,13-,14+/m1/s1. The van der Waals surface area contributed by atoms with Crippen LogP contribution in [0.1, 0.15) is 12.8 Å². The molecule has 4 nitrogen and oxygen atoms in total. The lowest BCUT2D eigenvalue weighted by atomic mass is 9.01. The normalized spacial score (nSPS) is 63.4. The average molecular weight is 248 g/mol. The average Bonchev–Trinajstić information content (AvgIpc) is 2.36. The third kappa shape index (κ3) is 0.503. The number of methoxy groups -OCH3 is 2. The zero-order valence-corrected chi connectivity index (χ0v) is 10.5. The molecule has 96 valence electrons. The van der Waals surface area contributed by atoms with E-state index in [1.54, 1.807) is 0 Å². The maximum Gasteiger partial charge on any atom is 0.312 e. The molecule has 0 aliphatic heterocycles. The fourth-order valence-corrected chi connectivity index (χ4v) is 7.42. The van der Waals surface area contributed by atoms with Gasteiger partial charge in [0.25, 0.3) is 0 Å². The van der Waals surface area contributed by atoms with Gasteiger partial charge < -0.3 is 9.47 Å². The van der Waals surface area contributed by atoms with Gasteiger partial charge in [-0.3, -0.25) is 9.59 Å². The second-order valence-electron chi connectivity index (χ2n) is 6.76. The molecule has 2 bridgehead atoms. The van der Waals surface area contributed by atoms with Crippen LogP contribution < -0.4 is 0 Å². The van der Waals surface area contributed by atoms with Crippen LogP contribution in [0.5, 0.6) is 0 Å². The molecule has 0 N–H and O–H groups in total. The summed E-state index contributed by atoms with van der Waals surface area (Å²) in [4.78, 5) is 24.4. The lowest BCUT2D eigenvalue weighted by Crippen LogP contribution is -3.02. The van der Waals surface area contributed by atoms with Gasteiger partial charge in [-0.25, -0.2) is 0 Å². The van der Waals surface area contributed by atoms with Gasteiger partial charge in [-0.1, -0.05) is 0 Å². The Balaban J connectivity index is 1.64. The van der Waals surface area contributed by atoms with Gasteiger partial charge in [0.2, 0.25) is 0 Å². The van der Waals surface area contributed by atoms with Crippen molar-refractivity contribution in [1.82, 2.24) is 0 Å². The van der Waals surface area contributed by atoms with Crippen molar-refractivity contribution in [3.63, 3.8) is 0 Å². The van der Waals surface area contributed by atoms with Gasteiger partial charge in [0.1, 0.15) is 0 Å². The van der Waals surface area contributed by atoms with Crippen molar-refractivity contribution >= 4 is 11.9 Å². The summed E-state index contributed by atoms with van der Waals surface area (Å²) in [5.41, 5.74) is -0.555. The summed E-state index contributed by atoms with van der Waals surface area (Å²) in [5.74, 6) is 2.61. The highest BCUT2D eigenvalue weighted by Crippen LogP contribution is 3.02. The van der Waals surface area contributed by atoms with Gasteiger partial charge in [0, 0.05) is 0 Å². The van der Waals surface area contributed by atoms with E-state index >= 15 is 0 Å². The molecule has 0 amide bonds. The zero-order valence-electron chi connectivity index (χ0n) is 10.5. The Morgan fingerprint density at radius 2 is 1.67 bits per heavy atom. The third-order valence-electron chi connectivity index (χ3n) is 7.27. The van der Waals surface area contributed by atoms with Crippen LogP contribution in [0.4, 0.5) is 0 Å². The van der Waals surface area contributed by atoms with E-state index in [0.29, 0.717) is 23.7 Å².